The number of carbonyl (C=O) groups excluding carboxylic acids is 1. The average molecular weight is 143 g/mol. The van der Waals surface area contributed by atoms with Gasteiger partial charge in [0.2, 0.25) is 0 Å². The Morgan fingerprint density at radius 3 is 2.60 bits per heavy atom. The number of hydrogen-bond acceptors (Lipinski definition) is 2. The number of unbranched alkanes of at least 4 members (excludes halogenated alkanes) is 1. The van der Waals surface area contributed by atoms with Gasteiger partial charge in [0.15, 0.2) is 0 Å². The Kier molecular flexibility index (Phi) is 5.22. The maximum Gasteiger partial charge on any atom is 0.134 e. The van der Waals surface area contributed by atoms with Gasteiger partial charge in [-0.1, -0.05) is 13.3 Å². The summed E-state index contributed by atoms with van der Waals surface area (Å²) in [7, 11) is 0. The van der Waals surface area contributed by atoms with E-state index in [9.17, 15) is 4.79 Å². The van der Waals surface area contributed by atoms with Crippen molar-refractivity contribution in [3.63, 3.8) is 0 Å². The van der Waals surface area contributed by atoms with E-state index >= 15 is 0 Å². The zero-order valence-corrected chi connectivity index (χ0v) is 6.89. The molecule has 0 aliphatic heterocycles. The highest BCUT2D eigenvalue weighted by atomic mass is 16.1. The molecule has 0 aliphatic rings. The second-order valence-electron chi connectivity index (χ2n) is 2.82. The van der Waals surface area contributed by atoms with Crippen LogP contribution in [0.2, 0.25) is 0 Å². The van der Waals surface area contributed by atoms with Gasteiger partial charge >= 0.3 is 0 Å². The van der Waals surface area contributed by atoms with E-state index in [2.05, 4.69) is 6.92 Å². The molecule has 0 heterocycles. The van der Waals surface area contributed by atoms with Crippen molar-refractivity contribution in [2.75, 3.05) is 0 Å². The highest BCUT2D eigenvalue weighted by Gasteiger charge is 2.03. The van der Waals surface area contributed by atoms with Gasteiger partial charge in [0, 0.05) is 18.9 Å². The third-order valence-corrected chi connectivity index (χ3v) is 1.36. The van der Waals surface area contributed by atoms with Crippen molar-refractivity contribution < 1.29 is 4.79 Å². The summed E-state index contributed by atoms with van der Waals surface area (Å²) in [5.74, 6) is 0.303. The quantitative estimate of drug-likeness (QED) is 0.633. The van der Waals surface area contributed by atoms with Crippen LogP contribution in [0.15, 0.2) is 0 Å². The van der Waals surface area contributed by atoms with Gasteiger partial charge in [-0.15, -0.1) is 0 Å². The standard InChI is InChI=1S/C8H17NO/c1-3-4-5-8(10)6-7(2)9/h7H,3-6,9H2,1-2H3. The Bertz CT molecular complexity index is 99.4. The molecule has 0 aromatic rings. The molecular formula is C8H17NO. The van der Waals surface area contributed by atoms with Crippen LogP contribution in [0.25, 0.3) is 0 Å². The summed E-state index contributed by atoms with van der Waals surface area (Å²) in [5.41, 5.74) is 5.44. The summed E-state index contributed by atoms with van der Waals surface area (Å²) in [5, 5.41) is 0. The Morgan fingerprint density at radius 1 is 1.60 bits per heavy atom. The van der Waals surface area contributed by atoms with Crippen molar-refractivity contribution in [2.24, 2.45) is 5.73 Å². The summed E-state index contributed by atoms with van der Waals surface area (Å²) in [6, 6.07) is 0.0318. The van der Waals surface area contributed by atoms with Gasteiger partial charge in [-0.05, 0) is 13.3 Å². The zero-order valence-electron chi connectivity index (χ0n) is 6.89. The molecule has 0 rings (SSSR count). The van der Waals surface area contributed by atoms with Crippen LogP contribution in [0.5, 0.6) is 0 Å². The minimum absolute atomic E-state index is 0.0318. The zero-order chi connectivity index (χ0) is 7.98. The van der Waals surface area contributed by atoms with Gasteiger partial charge < -0.3 is 5.73 Å². The molecule has 0 fully saturated rings. The number of nitrogens with two attached hydrogens (primary N) is 1. The fourth-order valence-electron chi connectivity index (χ4n) is 0.835. The van der Waals surface area contributed by atoms with E-state index in [1.54, 1.807) is 0 Å². The Morgan fingerprint density at radius 2 is 2.20 bits per heavy atom. The second-order valence-corrected chi connectivity index (χ2v) is 2.82. The molecule has 0 aromatic heterocycles. The predicted molar refractivity (Wildman–Crippen MR) is 42.8 cm³/mol. The molecule has 0 saturated carbocycles. The predicted octanol–water partition coefficient (Wildman–Crippen LogP) is 1.48. The summed E-state index contributed by atoms with van der Waals surface area (Å²) in [6.45, 7) is 3.95. The van der Waals surface area contributed by atoms with Crippen LogP contribution in [0, 0.1) is 0 Å². The number of carbonyl (C=O) groups is 1. The van der Waals surface area contributed by atoms with Crippen LogP contribution in [-0.4, -0.2) is 11.8 Å². The molecule has 0 radical (unpaired) electrons. The highest BCUT2D eigenvalue weighted by molar-refractivity contribution is 5.78. The number of ketones is 1. The Hall–Kier alpha value is -0.370. The van der Waals surface area contributed by atoms with Crippen LogP contribution in [0.1, 0.15) is 39.5 Å². The third-order valence-electron chi connectivity index (χ3n) is 1.36. The largest absolute Gasteiger partial charge is 0.328 e. The van der Waals surface area contributed by atoms with Gasteiger partial charge in [-0.2, -0.15) is 0 Å². The molecule has 0 bridgehead atoms. The van der Waals surface area contributed by atoms with Crippen molar-refractivity contribution in [3.8, 4) is 0 Å². The van der Waals surface area contributed by atoms with Crippen molar-refractivity contribution in [2.45, 2.75) is 45.6 Å². The lowest BCUT2D eigenvalue weighted by Gasteiger charge is -2.01. The molecule has 2 nitrogen and oxygen atoms in total. The van der Waals surface area contributed by atoms with E-state index < -0.39 is 0 Å². The van der Waals surface area contributed by atoms with Gasteiger partial charge in [0.25, 0.3) is 0 Å². The molecule has 0 saturated heterocycles. The minimum atomic E-state index is 0.0318. The lowest BCUT2D eigenvalue weighted by molar-refractivity contribution is -0.119. The summed E-state index contributed by atoms with van der Waals surface area (Å²) in [4.78, 5) is 10.9. The smallest absolute Gasteiger partial charge is 0.134 e. The molecule has 0 spiro atoms. The molecule has 0 aromatic carbocycles. The fourth-order valence-corrected chi connectivity index (χ4v) is 0.835. The lowest BCUT2D eigenvalue weighted by Crippen LogP contribution is -2.19. The molecular weight excluding hydrogens is 126 g/mol. The van der Waals surface area contributed by atoms with Crippen LogP contribution >= 0.6 is 0 Å². The van der Waals surface area contributed by atoms with Crippen molar-refractivity contribution in [3.05, 3.63) is 0 Å². The molecule has 60 valence electrons. The van der Waals surface area contributed by atoms with Crippen LogP contribution in [0.4, 0.5) is 0 Å². The van der Waals surface area contributed by atoms with Crippen LogP contribution in [-0.2, 0) is 4.79 Å². The Balaban J connectivity index is 3.26. The molecule has 1 unspecified atom stereocenters. The second kappa shape index (κ2) is 5.42. The van der Waals surface area contributed by atoms with E-state index in [4.69, 9.17) is 5.73 Å². The molecule has 10 heavy (non-hydrogen) atoms. The van der Waals surface area contributed by atoms with Crippen molar-refractivity contribution in [1.82, 2.24) is 0 Å². The van der Waals surface area contributed by atoms with E-state index in [1.807, 2.05) is 6.92 Å². The monoisotopic (exact) mass is 143 g/mol. The average Bonchev–Trinajstić information content (AvgIpc) is 1.82. The lowest BCUT2D eigenvalue weighted by atomic mass is 10.1. The molecule has 0 aliphatic carbocycles. The first kappa shape index (κ1) is 9.63. The third kappa shape index (κ3) is 5.76. The van der Waals surface area contributed by atoms with Gasteiger partial charge in [-0.3, -0.25) is 4.79 Å². The van der Waals surface area contributed by atoms with Gasteiger partial charge in [0.05, 0.1) is 0 Å². The van der Waals surface area contributed by atoms with E-state index in [0.717, 1.165) is 12.8 Å². The van der Waals surface area contributed by atoms with Gasteiger partial charge in [-0.25, -0.2) is 0 Å². The summed E-state index contributed by atoms with van der Waals surface area (Å²) < 4.78 is 0. The molecule has 0 amide bonds. The Labute approximate surface area is 62.8 Å². The van der Waals surface area contributed by atoms with E-state index in [1.165, 1.54) is 0 Å². The first-order valence-corrected chi connectivity index (χ1v) is 3.94. The molecule has 2 heteroatoms. The fraction of sp³-hybridized carbons (Fsp3) is 0.875. The van der Waals surface area contributed by atoms with E-state index in [0.29, 0.717) is 18.6 Å². The maximum atomic E-state index is 10.9. The summed E-state index contributed by atoms with van der Waals surface area (Å²) in [6.07, 6.45) is 3.34. The minimum Gasteiger partial charge on any atom is -0.328 e. The normalized spacial score (nSPS) is 13.1. The summed E-state index contributed by atoms with van der Waals surface area (Å²) >= 11 is 0. The van der Waals surface area contributed by atoms with Crippen molar-refractivity contribution in [1.29, 1.82) is 0 Å². The topological polar surface area (TPSA) is 43.1 Å². The number of hydrogen-bond donors (Lipinski definition) is 1. The first-order valence-electron chi connectivity index (χ1n) is 3.94. The van der Waals surface area contributed by atoms with Crippen LogP contribution in [0.3, 0.4) is 0 Å². The first-order chi connectivity index (χ1) is 4.66. The van der Waals surface area contributed by atoms with Crippen molar-refractivity contribution >= 4 is 5.78 Å². The van der Waals surface area contributed by atoms with Gasteiger partial charge in [0.1, 0.15) is 5.78 Å². The molecule has 1 atom stereocenters. The maximum absolute atomic E-state index is 10.9. The highest BCUT2D eigenvalue weighted by Crippen LogP contribution is 1.99. The molecule has 2 N–H and O–H groups in total. The van der Waals surface area contributed by atoms with Crippen LogP contribution < -0.4 is 5.73 Å². The number of Topliss-reactive ketones (excluding diaryl/α,β-unsaturated/α-hetero) is 1. The SMILES string of the molecule is CCCCC(=O)CC(C)N. The van der Waals surface area contributed by atoms with E-state index in [-0.39, 0.29) is 6.04 Å². The number of rotatable bonds is 5.